The van der Waals surface area contributed by atoms with E-state index >= 15 is 0 Å². The zero-order valence-corrected chi connectivity index (χ0v) is 18.1. The zero-order valence-electron chi connectivity index (χ0n) is 16.5. The van der Waals surface area contributed by atoms with Crippen LogP contribution in [-0.2, 0) is 20.9 Å². The molecule has 0 bridgehead atoms. The van der Waals surface area contributed by atoms with Crippen molar-refractivity contribution in [3.05, 3.63) is 65.3 Å². The second-order valence-corrected chi connectivity index (χ2v) is 9.47. The van der Waals surface area contributed by atoms with E-state index in [0.717, 1.165) is 16.9 Å². The number of fused-ring (bicyclic) bond motifs is 1. The normalized spacial score (nSPS) is 28.4. The summed E-state index contributed by atoms with van der Waals surface area (Å²) in [7, 11) is 0. The maximum Gasteiger partial charge on any atom is 0.290 e. The van der Waals surface area contributed by atoms with Gasteiger partial charge in [-0.2, -0.15) is 0 Å². The SMILES string of the molecule is CSc1ccc(C2C3=C(OC4CCC(Cl)CC4C3=O)C(=O)N2Cc2ccco2)cc1. The van der Waals surface area contributed by atoms with E-state index in [1.54, 1.807) is 29.0 Å². The van der Waals surface area contributed by atoms with Gasteiger partial charge in [-0.3, -0.25) is 9.59 Å². The molecule has 30 heavy (non-hydrogen) atoms. The maximum absolute atomic E-state index is 13.6. The van der Waals surface area contributed by atoms with E-state index in [2.05, 4.69) is 0 Å². The lowest BCUT2D eigenvalue weighted by molar-refractivity contribution is -0.135. The quantitative estimate of drug-likeness (QED) is 0.505. The smallest absolute Gasteiger partial charge is 0.290 e. The van der Waals surface area contributed by atoms with E-state index in [1.807, 2.05) is 36.6 Å². The third kappa shape index (κ3) is 3.26. The summed E-state index contributed by atoms with van der Waals surface area (Å²) in [5.41, 5.74) is 1.36. The van der Waals surface area contributed by atoms with Gasteiger partial charge < -0.3 is 14.1 Å². The lowest BCUT2D eigenvalue weighted by atomic mass is 9.77. The van der Waals surface area contributed by atoms with E-state index in [0.29, 0.717) is 24.2 Å². The van der Waals surface area contributed by atoms with Crippen molar-refractivity contribution < 1.29 is 18.7 Å². The fourth-order valence-electron chi connectivity index (χ4n) is 4.73. The molecular formula is C23H22ClNO4S. The topological polar surface area (TPSA) is 59.8 Å². The Balaban J connectivity index is 1.57. The van der Waals surface area contributed by atoms with Gasteiger partial charge in [-0.05, 0) is 55.3 Å². The third-order valence-corrected chi connectivity index (χ3v) is 7.36. The van der Waals surface area contributed by atoms with Crippen LogP contribution in [0, 0.1) is 5.92 Å². The average Bonchev–Trinajstić information content (AvgIpc) is 3.37. The van der Waals surface area contributed by atoms with Gasteiger partial charge in [-0.1, -0.05) is 12.1 Å². The molecule has 3 aliphatic rings. The number of amides is 1. The van der Waals surface area contributed by atoms with Crippen LogP contribution in [0.15, 0.2) is 63.3 Å². The number of hydrogen-bond donors (Lipinski definition) is 0. The molecule has 156 valence electrons. The summed E-state index contributed by atoms with van der Waals surface area (Å²) in [5, 5.41) is -0.0309. The van der Waals surface area contributed by atoms with Gasteiger partial charge in [-0.15, -0.1) is 23.4 Å². The highest BCUT2D eigenvalue weighted by molar-refractivity contribution is 7.98. The number of rotatable bonds is 4. The third-order valence-electron chi connectivity index (χ3n) is 6.22. The van der Waals surface area contributed by atoms with Gasteiger partial charge in [0.15, 0.2) is 11.5 Å². The Bertz CT molecular complexity index is 1000. The molecule has 0 spiro atoms. The molecule has 1 amide bonds. The molecule has 4 unspecified atom stereocenters. The Morgan fingerprint density at radius 3 is 2.67 bits per heavy atom. The highest BCUT2D eigenvalue weighted by Gasteiger charge is 2.52. The fraction of sp³-hybridized carbons (Fsp3) is 0.391. The summed E-state index contributed by atoms with van der Waals surface area (Å²) < 4.78 is 11.7. The van der Waals surface area contributed by atoms with Crippen LogP contribution >= 0.6 is 23.4 Å². The molecule has 5 nitrogen and oxygen atoms in total. The van der Waals surface area contributed by atoms with E-state index < -0.39 is 6.04 Å². The summed E-state index contributed by atoms with van der Waals surface area (Å²) >= 11 is 8.02. The van der Waals surface area contributed by atoms with Crippen LogP contribution in [0.3, 0.4) is 0 Å². The van der Waals surface area contributed by atoms with Gasteiger partial charge in [-0.25, -0.2) is 0 Å². The molecule has 4 atom stereocenters. The molecule has 1 aromatic heterocycles. The van der Waals surface area contributed by atoms with E-state index in [9.17, 15) is 9.59 Å². The van der Waals surface area contributed by atoms with Crippen molar-refractivity contribution in [1.82, 2.24) is 4.90 Å². The largest absolute Gasteiger partial charge is 0.483 e. The number of ether oxygens (including phenoxy) is 1. The van der Waals surface area contributed by atoms with Gasteiger partial charge in [0.25, 0.3) is 5.91 Å². The van der Waals surface area contributed by atoms with Gasteiger partial charge in [0.2, 0.25) is 0 Å². The van der Waals surface area contributed by atoms with Crippen molar-refractivity contribution in [2.45, 2.75) is 48.2 Å². The minimum Gasteiger partial charge on any atom is -0.483 e. The van der Waals surface area contributed by atoms with Crippen molar-refractivity contribution >= 4 is 35.1 Å². The first kappa shape index (κ1) is 19.8. The summed E-state index contributed by atoms with van der Waals surface area (Å²) in [6.07, 6.45) is 5.41. The molecule has 5 rings (SSSR count). The number of nitrogens with zero attached hydrogens (tertiary/aromatic N) is 1. The highest BCUT2D eigenvalue weighted by atomic mass is 35.5. The number of thioether (sulfide) groups is 1. The van der Waals surface area contributed by atoms with Gasteiger partial charge in [0.1, 0.15) is 11.9 Å². The molecule has 3 heterocycles. The summed E-state index contributed by atoms with van der Waals surface area (Å²) in [6, 6.07) is 11.1. The van der Waals surface area contributed by atoms with Crippen molar-refractivity contribution in [2.75, 3.05) is 6.26 Å². The standard InChI is InChI=1S/C23H22ClNO4S/c1-30-16-7-4-13(5-8-16)20-19-21(26)17-11-14(24)6-9-18(17)29-22(19)23(27)25(20)12-15-3-2-10-28-15/h2-5,7-8,10,14,17-18,20H,6,9,11-12H2,1H3. The Hall–Kier alpha value is -2.18. The van der Waals surface area contributed by atoms with Crippen molar-refractivity contribution in [2.24, 2.45) is 5.92 Å². The number of furan rings is 1. The molecule has 1 saturated carbocycles. The molecule has 2 aromatic rings. The number of hydrogen-bond acceptors (Lipinski definition) is 5. The van der Waals surface area contributed by atoms with Crippen molar-refractivity contribution in [3.63, 3.8) is 0 Å². The first-order valence-corrected chi connectivity index (χ1v) is 11.8. The number of ketones is 1. The molecule has 2 aliphatic heterocycles. The Morgan fingerprint density at radius 2 is 1.97 bits per heavy atom. The number of Topliss-reactive ketones (excluding diaryl/α,β-unsaturated/α-hetero) is 1. The van der Waals surface area contributed by atoms with Crippen LogP contribution in [0.5, 0.6) is 0 Å². The van der Waals surface area contributed by atoms with Crippen LogP contribution in [0.4, 0.5) is 0 Å². The van der Waals surface area contributed by atoms with Gasteiger partial charge in [0, 0.05) is 10.3 Å². The molecule has 1 aliphatic carbocycles. The van der Waals surface area contributed by atoms with Gasteiger partial charge >= 0.3 is 0 Å². The number of halogens is 1. The Kier molecular flexibility index (Phi) is 5.15. The number of benzene rings is 1. The summed E-state index contributed by atoms with van der Waals surface area (Å²) in [5.74, 6) is 0.338. The van der Waals surface area contributed by atoms with Crippen LogP contribution in [0.2, 0.25) is 0 Å². The molecule has 0 radical (unpaired) electrons. The average molecular weight is 444 g/mol. The first-order valence-electron chi connectivity index (χ1n) is 10.1. The second-order valence-electron chi connectivity index (χ2n) is 7.97. The second kappa shape index (κ2) is 7.82. The molecule has 1 fully saturated rings. The predicted octanol–water partition coefficient (Wildman–Crippen LogP) is 4.71. The van der Waals surface area contributed by atoms with Crippen LogP contribution in [-0.4, -0.2) is 34.3 Å². The predicted molar refractivity (Wildman–Crippen MR) is 114 cm³/mol. The lowest BCUT2D eigenvalue weighted by Crippen LogP contribution is -2.41. The highest BCUT2D eigenvalue weighted by Crippen LogP contribution is 2.47. The number of carbonyl (C=O) groups excluding carboxylic acids is 2. The van der Waals surface area contributed by atoms with Crippen LogP contribution in [0.1, 0.15) is 36.6 Å². The number of carbonyl (C=O) groups is 2. The molecule has 1 aromatic carbocycles. The first-order chi connectivity index (χ1) is 14.6. The Morgan fingerprint density at radius 1 is 1.17 bits per heavy atom. The van der Waals surface area contributed by atoms with Crippen LogP contribution < -0.4 is 0 Å². The van der Waals surface area contributed by atoms with E-state index in [1.165, 1.54) is 0 Å². The van der Waals surface area contributed by atoms with Crippen LogP contribution in [0.25, 0.3) is 0 Å². The molecule has 7 heteroatoms. The minimum absolute atomic E-state index is 0.000776. The van der Waals surface area contributed by atoms with E-state index in [4.69, 9.17) is 20.8 Å². The van der Waals surface area contributed by atoms with Crippen molar-refractivity contribution in [3.8, 4) is 0 Å². The van der Waals surface area contributed by atoms with Crippen molar-refractivity contribution in [1.29, 1.82) is 0 Å². The van der Waals surface area contributed by atoms with E-state index in [-0.39, 0.29) is 41.4 Å². The number of alkyl halides is 1. The monoisotopic (exact) mass is 443 g/mol. The minimum atomic E-state index is -0.488. The lowest BCUT2D eigenvalue weighted by Gasteiger charge is -2.37. The Labute approximate surface area is 184 Å². The zero-order chi connectivity index (χ0) is 20.8. The molecule has 0 saturated heterocycles. The maximum atomic E-state index is 13.6. The van der Waals surface area contributed by atoms with Gasteiger partial charge in [0.05, 0.1) is 30.3 Å². The summed E-state index contributed by atoms with van der Waals surface area (Å²) in [4.78, 5) is 29.8. The fourth-order valence-corrected chi connectivity index (χ4v) is 5.46. The molecular weight excluding hydrogens is 422 g/mol. The molecule has 0 N–H and O–H groups in total. The summed E-state index contributed by atoms with van der Waals surface area (Å²) in [6.45, 7) is 0.276.